The molecule has 7 heteroatoms. The molecule has 184 valence electrons. The second kappa shape index (κ2) is 16.7. The summed E-state index contributed by atoms with van der Waals surface area (Å²) in [5.41, 5.74) is 8.45. The monoisotopic (exact) mass is 474 g/mol. The predicted octanol–water partition coefficient (Wildman–Crippen LogP) is 5.74. The number of carbonyl (C=O) groups excluding carboxylic acids is 2. The number of hydrogen-bond acceptors (Lipinski definition) is 6. The van der Waals surface area contributed by atoms with Crippen LogP contribution < -0.4 is 15.8 Å². The maximum atomic E-state index is 11.9. The van der Waals surface area contributed by atoms with Gasteiger partial charge in [-0.1, -0.05) is 61.4 Å². The standard InChI is InChI=1S/C27H29N3O2.CH5NO/c31-21-11-3-1-2-10-16-27(32)29-28-22-23-17-19-26(20-18-23)30(24-12-6-4-7-13-24)25-14-8-5-9-15-25;1-2-3/h4-9,12-15,17-22H,1-3,10-11,16H2,(H,29,32);2-3H,1H3/b28-22+;. The van der Waals surface area contributed by atoms with Crippen LogP contribution in [0.2, 0.25) is 0 Å². The summed E-state index contributed by atoms with van der Waals surface area (Å²) in [6, 6.07) is 28.5. The van der Waals surface area contributed by atoms with Gasteiger partial charge in [0.25, 0.3) is 0 Å². The van der Waals surface area contributed by atoms with Gasteiger partial charge in [0.1, 0.15) is 6.29 Å². The third-order valence-electron chi connectivity index (χ3n) is 5.06. The molecule has 0 aliphatic heterocycles. The molecule has 0 saturated heterocycles. The summed E-state index contributed by atoms with van der Waals surface area (Å²) in [5, 5.41) is 11.4. The highest BCUT2D eigenvalue weighted by molar-refractivity contribution is 5.84. The van der Waals surface area contributed by atoms with Crippen molar-refractivity contribution in [3.05, 3.63) is 90.5 Å². The summed E-state index contributed by atoms with van der Waals surface area (Å²) in [5.74, 6) is -0.0902. The second-order valence-corrected chi connectivity index (χ2v) is 7.73. The number of benzene rings is 3. The lowest BCUT2D eigenvalue weighted by Gasteiger charge is -2.25. The maximum absolute atomic E-state index is 11.9. The zero-order valence-electron chi connectivity index (χ0n) is 20.1. The molecule has 3 N–H and O–H groups in total. The average Bonchev–Trinajstić information content (AvgIpc) is 2.89. The van der Waals surface area contributed by atoms with E-state index in [1.54, 1.807) is 11.7 Å². The molecular weight excluding hydrogens is 440 g/mol. The Morgan fingerprint density at radius 1 is 0.829 bits per heavy atom. The minimum absolute atomic E-state index is 0.0902. The fraction of sp³-hybridized carbons (Fsp3) is 0.250. The van der Waals surface area contributed by atoms with Crippen molar-refractivity contribution in [1.29, 1.82) is 0 Å². The molecular formula is C28H34N4O3. The van der Waals surface area contributed by atoms with Gasteiger partial charge in [0.05, 0.1) is 6.21 Å². The first-order valence-electron chi connectivity index (χ1n) is 11.8. The summed E-state index contributed by atoms with van der Waals surface area (Å²) in [4.78, 5) is 24.4. The second-order valence-electron chi connectivity index (χ2n) is 7.73. The first-order valence-corrected chi connectivity index (χ1v) is 11.8. The van der Waals surface area contributed by atoms with Crippen molar-refractivity contribution in [2.24, 2.45) is 5.10 Å². The SMILES string of the molecule is CNO.O=CCCCCCCC(=O)N/N=C/c1ccc(N(c2ccccc2)c2ccccc2)cc1. The van der Waals surface area contributed by atoms with E-state index in [0.717, 1.165) is 54.6 Å². The predicted molar refractivity (Wildman–Crippen MR) is 141 cm³/mol. The Bertz CT molecular complexity index is 970. The van der Waals surface area contributed by atoms with Gasteiger partial charge in [-0.05, 0) is 54.8 Å². The summed E-state index contributed by atoms with van der Waals surface area (Å²) in [7, 11) is 1.43. The molecule has 0 aliphatic rings. The van der Waals surface area contributed by atoms with E-state index in [1.165, 1.54) is 7.05 Å². The van der Waals surface area contributed by atoms with E-state index in [9.17, 15) is 9.59 Å². The van der Waals surface area contributed by atoms with Crippen molar-refractivity contribution >= 4 is 35.5 Å². The molecule has 3 rings (SSSR count). The molecule has 0 heterocycles. The van der Waals surface area contributed by atoms with Crippen molar-refractivity contribution in [1.82, 2.24) is 10.9 Å². The van der Waals surface area contributed by atoms with E-state index in [1.807, 2.05) is 60.7 Å². The third-order valence-corrected chi connectivity index (χ3v) is 5.06. The molecule has 0 fully saturated rings. The molecule has 3 aromatic rings. The van der Waals surface area contributed by atoms with Crippen LogP contribution in [-0.4, -0.2) is 30.7 Å². The molecule has 0 atom stereocenters. The Hall–Kier alpha value is -3.81. The number of nitrogens with one attached hydrogen (secondary N) is 2. The number of hydroxylamine groups is 1. The van der Waals surface area contributed by atoms with Crippen LogP contribution in [0, 0.1) is 0 Å². The van der Waals surface area contributed by atoms with Crippen LogP contribution in [0.4, 0.5) is 17.1 Å². The number of anilines is 3. The number of nitrogens with zero attached hydrogens (tertiary/aromatic N) is 2. The van der Waals surface area contributed by atoms with E-state index >= 15 is 0 Å². The van der Waals surface area contributed by atoms with Crippen molar-refractivity contribution in [2.75, 3.05) is 11.9 Å². The zero-order valence-corrected chi connectivity index (χ0v) is 20.1. The highest BCUT2D eigenvalue weighted by Gasteiger charge is 2.11. The molecule has 35 heavy (non-hydrogen) atoms. The highest BCUT2D eigenvalue weighted by atomic mass is 16.5. The summed E-state index contributed by atoms with van der Waals surface area (Å²) in [6.07, 6.45) is 7.27. The molecule has 1 amide bonds. The molecule has 0 spiro atoms. The molecule has 0 saturated carbocycles. The first-order chi connectivity index (χ1) is 17.2. The number of unbranched alkanes of at least 4 members (excludes halogenated alkanes) is 4. The van der Waals surface area contributed by atoms with E-state index in [2.05, 4.69) is 39.7 Å². The van der Waals surface area contributed by atoms with E-state index in [-0.39, 0.29) is 5.91 Å². The minimum Gasteiger partial charge on any atom is -0.317 e. The molecule has 7 nitrogen and oxygen atoms in total. The van der Waals surface area contributed by atoms with Crippen LogP contribution in [0.15, 0.2) is 90.0 Å². The molecule has 0 radical (unpaired) electrons. The third kappa shape index (κ3) is 10.3. The van der Waals surface area contributed by atoms with Crippen LogP contribution in [0.25, 0.3) is 0 Å². The number of aldehydes is 1. The number of hydrogen-bond donors (Lipinski definition) is 3. The van der Waals surface area contributed by atoms with Crippen LogP contribution >= 0.6 is 0 Å². The Morgan fingerprint density at radius 2 is 1.34 bits per heavy atom. The van der Waals surface area contributed by atoms with Crippen molar-refractivity contribution in [3.63, 3.8) is 0 Å². The van der Waals surface area contributed by atoms with Gasteiger partial charge in [-0.3, -0.25) is 4.79 Å². The summed E-state index contributed by atoms with van der Waals surface area (Å²) in [6.45, 7) is 0. The Morgan fingerprint density at radius 3 is 1.89 bits per heavy atom. The largest absolute Gasteiger partial charge is 0.317 e. The Balaban J connectivity index is 0.00000137. The van der Waals surface area contributed by atoms with Crippen molar-refractivity contribution in [2.45, 2.75) is 38.5 Å². The Kier molecular flexibility index (Phi) is 13.1. The van der Waals surface area contributed by atoms with E-state index < -0.39 is 0 Å². The maximum Gasteiger partial charge on any atom is 0.240 e. The van der Waals surface area contributed by atoms with Crippen LogP contribution in [0.1, 0.15) is 44.1 Å². The lowest BCUT2D eigenvalue weighted by Crippen LogP contribution is -2.16. The van der Waals surface area contributed by atoms with Gasteiger partial charge in [0.2, 0.25) is 5.91 Å². The first kappa shape index (κ1) is 27.4. The van der Waals surface area contributed by atoms with Gasteiger partial charge in [0.15, 0.2) is 0 Å². The molecule has 3 aromatic carbocycles. The smallest absolute Gasteiger partial charge is 0.240 e. The topological polar surface area (TPSA) is 94.0 Å². The van der Waals surface area contributed by atoms with E-state index in [4.69, 9.17) is 5.21 Å². The summed E-state index contributed by atoms with van der Waals surface area (Å²) < 4.78 is 0. The number of para-hydroxylation sites is 2. The molecule has 0 bridgehead atoms. The van der Waals surface area contributed by atoms with Crippen LogP contribution in [0.3, 0.4) is 0 Å². The lowest BCUT2D eigenvalue weighted by molar-refractivity contribution is -0.121. The highest BCUT2D eigenvalue weighted by Crippen LogP contribution is 2.33. The number of carbonyl (C=O) groups is 2. The van der Waals surface area contributed by atoms with Crippen molar-refractivity contribution < 1.29 is 14.8 Å². The van der Waals surface area contributed by atoms with Gasteiger partial charge in [-0.2, -0.15) is 5.10 Å². The quantitative estimate of drug-likeness (QED) is 0.135. The van der Waals surface area contributed by atoms with Gasteiger partial charge >= 0.3 is 0 Å². The molecule has 0 aromatic heterocycles. The van der Waals surface area contributed by atoms with Gasteiger partial charge < -0.3 is 14.9 Å². The minimum atomic E-state index is -0.0902. The van der Waals surface area contributed by atoms with E-state index in [0.29, 0.717) is 12.8 Å². The van der Waals surface area contributed by atoms with Gasteiger partial charge in [0, 0.05) is 37.0 Å². The molecule has 0 aliphatic carbocycles. The average molecular weight is 475 g/mol. The number of amides is 1. The summed E-state index contributed by atoms with van der Waals surface area (Å²) >= 11 is 0. The van der Waals surface area contributed by atoms with Gasteiger partial charge in [-0.15, -0.1) is 0 Å². The lowest BCUT2D eigenvalue weighted by atomic mass is 10.1. The molecule has 0 unspecified atom stereocenters. The van der Waals surface area contributed by atoms with Crippen LogP contribution in [-0.2, 0) is 9.59 Å². The fourth-order valence-electron chi connectivity index (χ4n) is 3.41. The van der Waals surface area contributed by atoms with Crippen LogP contribution in [0.5, 0.6) is 0 Å². The zero-order chi connectivity index (χ0) is 25.1. The number of hydrazone groups is 1. The Labute approximate surface area is 207 Å². The van der Waals surface area contributed by atoms with Crippen molar-refractivity contribution in [3.8, 4) is 0 Å². The van der Waals surface area contributed by atoms with Gasteiger partial charge in [-0.25, -0.2) is 10.9 Å². The number of rotatable bonds is 12. The fourth-order valence-corrected chi connectivity index (χ4v) is 3.41. The normalized spacial score (nSPS) is 10.3.